The highest BCUT2D eigenvalue weighted by Gasteiger charge is 2.28. The summed E-state index contributed by atoms with van der Waals surface area (Å²) in [6.45, 7) is 0. The fraction of sp³-hybridized carbons (Fsp3) is 0.231. The van der Waals surface area contributed by atoms with Crippen LogP contribution >= 0.6 is 0 Å². The van der Waals surface area contributed by atoms with Gasteiger partial charge in [-0.15, -0.1) is 0 Å². The number of aromatic nitrogens is 1. The number of ketones is 1. The molecule has 0 aliphatic carbocycles. The molecular weight excluding hydrogens is 243 g/mol. The number of rotatable bonds is 3. The molecule has 5 heteroatoms. The molecular formula is C13H10F3NO. The molecule has 1 aromatic carbocycles. The first-order chi connectivity index (χ1) is 8.47. The molecule has 0 aliphatic heterocycles. The van der Waals surface area contributed by atoms with Crippen molar-refractivity contribution in [3.63, 3.8) is 0 Å². The molecule has 0 aliphatic rings. The first-order valence-electron chi connectivity index (χ1n) is 5.40. The molecule has 0 saturated carbocycles. The van der Waals surface area contributed by atoms with E-state index in [-0.39, 0.29) is 0 Å². The molecule has 0 unspecified atom stereocenters. The van der Waals surface area contributed by atoms with E-state index in [9.17, 15) is 18.0 Å². The van der Waals surface area contributed by atoms with Gasteiger partial charge in [0, 0.05) is 29.8 Å². The van der Waals surface area contributed by atoms with E-state index >= 15 is 0 Å². The topological polar surface area (TPSA) is 30.0 Å². The highest BCUT2D eigenvalue weighted by molar-refractivity contribution is 6.07. The lowest BCUT2D eigenvalue weighted by molar-refractivity contribution is -0.133. The maximum absolute atomic E-state index is 12.1. The van der Waals surface area contributed by atoms with Crippen molar-refractivity contribution in [1.82, 2.24) is 4.98 Å². The van der Waals surface area contributed by atoms with Crippen LogP contribution in [0.2, 0.25) is 0 Å². The standard InChI is InChI=1S/C13H10F3NO/c14-13(15,16)6-4-12(18)11-3-1-2-9-8-17-7-5-10(9)11/h1-3,5,7-8H,4,6H2. The fourth-order valence-electron chi connectivity index (χ4n) is 1.76. The Kier molecular flexibility index (Phi) is 3.32. The highest BCUT2D eigenvalue weighted by atomic mass is 19.4. The first-order valence-corrected chi connectivity index (χ1v) is 5.40. The van der Waals surface area contributed by atoms with Gasteiger partial charge in [-0.2, -0.15) is 13.2 Å². The van der Waals surface area contributed by atoms with Crippen molar-refractivity contribution in [3.8, 4) is 0 Å². The molecule has 1 heterocycles. The number of benzene rings is 1. The van der Waals surface area contributed by atoms with Crippen LogP contribution in [0.3, 0.4) is 0 Å². The number of fused-ring (bicyclic) bond motifs is 1. The van der Waals surface area contributed by atoms with Gasteiger partial charge in [-0.05, 0) is 11.5 Å². The van der Waals surface area contributed by atoms with Crippen LogP contribution in [0.4, 0.5) is 13.2 Å². The van der Waals surface area contributed by atoms with Crippen molar-refractivity contribution in [2.24, 2.45) is 0 Å². The van der Waals surface area contributed by atoms with Gasteiger partial charge in [-0.3, -0.25) is 9.78 Å². The third-order valence-electron chi connectivity index (χ3n) is 2.62. The van der Waals surface area contributed by atoms with Crippen molar-refractivity contribution in [1.29, 1.82) is 0 Å². The summed E-state index contributed by atoms with van der Waals surface area (Å²) in [6.07, 6.45) is -2.82. The number of Topliss-reactive ketones (excluding diaryl/α,β-unsaturated/α-hetero) is 1. The van der Waals surface area contributed by atoms with E-state index in [4.69, 9.17) is 0 Å². The van der Waals surface area contributed by atoms with E-state index in [1.54, 1.807) is 30.5 Å². The molecule has 0 spiro atoms. The average molecular weight is 253 g/mol. The van der Waals surface area contributed by atoms with E-state index in [0.717, 1.165) is 5.39 Å². The van der Waals surface area contributed by atoms with Gasteiger partial charge in [-0.1, -0.05) is 18.2 Å². The van der Waals surface area contributed by atoms with E-state index < -0.39 is 24.8 Å². The molecule has 0 N–H and O–H groups in total. The summed E-state index contributed by atoms with van der Waals surface area (Å²) in [5, 5.41) is 1.38. The Labute approximate surface area is 101 Å². The minimum absolute atomic E-state index is 0.319. The monoisotopic (exact) mass is 253 g/mol. The van der Waals surface area contributed by atoms with Gasteiger partial charge in [0.15, 0.2) is 5.78 Å². The van der Waals surface area contributed by atoms with Gasteiger partial charge in [0.1, 0.15) is 0 Å². The Hall–Kier alpha value is -1.91. The zero-order valence-electron chi connectivity index (χ0n) is 9.37. The van der Waals surface area contributed by atoms with Crippen LogP contribution in [-0.2, 0) is 0 Å². The lowest BCUT2D eigenvalue weighted by Crippen LogP contribution is -2.11. The summed E-state index contributed by atoms with van der Waals surface area (Å²) >= 11 is 0. The van der Waals surface area contributed by atoms with Gasteiger partial charge < -0.3 is 0 Å². The second-order valence-electron chi connectivity index (χ2n) is 3.94. The quantitative estimate of drug-likeness (QED) is 0.779. The van der Waals surface area contributed by atoms with Gasteiger partial charge in [0.2, 0.25) is 0 Å². The maximum Gasteiger partial charge on any atom is 0.389 e. The van der Waals surface area contributed by atoms with Crippen LogP contribution in [0.1, 0.15) is 23.2 Å². The number of nitrogens with zero attached hydrogens (tertiary/aromatic N) is 1. The van der Waals surface area contributed by atoms with Gasteiger partial charge >= 0.3 is 6.18 Å². The number of alkyl halides is 3. The zero-order valence-corrected chi connectivity index (χ0v) is 9.37. The second kappa shape index (κ2) is 4.76. The molecule has 0 atom stereocenters. The summed E-state index contributed by atoms with van der Waals surface area (Å²) < 4.78 is 36.3. The molecule has 0 fully saturated rings. The summed E-state index contributed by atoms with van der Waals surface area (Å²) in [6, 6.07) is 6.59. The molecule has 0 radical (unpaired) electrons. The molecule has 94 valence electrons. The van der Waals surface area contributed by atoms with Crippen molar-refractivity contribution in [2.45, 2.75) is 19.0 Å². The third kappa shape index (κ3) is 2.85. The number of carbonyl (C=O) groups excluding carboxylic acids is 1. The summed E-state index contributed by atoms with van der Waals surface area (Å²) in [5.74, 6) is -0.496. The smallest absolute Gasteiger partial charge is 0.294 e. The Morgan fingerprint density at radius 2 is 2.00 bits per heavy atom. The highest BCUT2D eigenvalue weighted by Crippen LogP contribution is 2.24. The van der Waals surface area contributed by atoms with Crippen molar-refractivity contribution in [2.75, 3.05) is 0 Å². The van der Waals surface area contributed by atoms with E-state index in [0.29, 0.717) is 10.9 Å². The van der Waals surface area contributed by atoms with Crippen LogP contribution < -0.4 is 0 Å². The largest absolute Gasteiger partial charge is 0.389 e. The van der Waals surface area contributed by atoms with Crippen LogP contribution in [0, 0.1) is 0 Å². The number of hydrogen-bond donors (Lipinski definition) is 0. The molecule has 0 bridgehead atoms. The van der Waals surface area contributed by atoms with Gasteiger partial charge in [0.05, 0.1) is 6.42 Å². The van der Waals surface area contributed by atoms with Gasteiger partial charge in [-0.25, -0.2) is 0 Å². The minimum atomic E-state index is -4.30. The van der Waals surface area contributed by atoms with E-state index in [2.05, 4.69) is 4.98 Å². The second-order valence-corrected chi connectivity index (χ2v) is 3.94. The molecule has 2 nitrogen and oxygen atoms in total. The lowest BCUT2D eigenvalue weighted by Gasteiger charge is -2.07. The molecule has 2 aromatic rings. The SMILES string of the molecule is O=C(CCC(F)(F)F)c1cccc2cnccc12. The summed E-state index contributed by atoms with van der Waals surface area (Å²) in [5.41, 5.74) is 0.319. The summed E-state index contributed by atoms with van der Waals surface area (Å²) in [4.78, 5) is 15.7. The number of pyridine rings is 1. The minimum Gasteiger partial charge on any atom is -0.294 e. The molecule has 18 heavy (non-hydrogen) atoms. The Bertz CT molecular complexity index is 572. The van der Waals surface area contributed by atoms with Crippen molar-refractivity contribution >= 4 is 16.6 Å². The molecule has 1 aromatic heterocycles. The Balaban J connectivity index is 2.28. The maximum atomic E-state index is 12.1. The van der Waals surface area contributed by atoms with Crippen molar-refractivity contribution < 1.29 is 18.0 Å². The number of halogens is 3. The van der Waals surface area contributed by atoms with E-state index in [1.807, 2.05) is 0 Å². The first kappa shape index (κ1) is 12.5. The Morgan fingerprint density at radius 3 is 2.72 bits per heavy atom. The lowest BCUT2D eigenvalue weighted by atomic mass is 10.0. The number of hydrogen-bond acceptors (Lipinski definition) is 2. The average Bonchev–Trinajstić information content (AvgIpc) is 2.34. The molecule has 0 amide bonds. The van der Waals surface area contributed by atoms with Crippen LogP contribution in [0.25, 0.3) is 10.8 Å². The van der Waals surface area contributed by atoms with Crippen LogP contribution in [0.5, 0.6) is 0 Å². The van der Waals surface area contributed by atoms with Crippen molar-refractivity contribution in [3.05, 3.63) is 42.2 Å². The van der Waals surface area contributed by atoms with Crippen LogP contribution in [0.15, 0.2) is 36.7 Å². The summed E-state index contributed by atoms with van der Waals surface area (Å²) in [7, 11) is 0. The molecule has 2 rings (SSSR count). The predicted octanol–water partition coefficient (Wildman–Crippen LogP) is 3.76. The Morgan fingerprint density at radius 1 is 1.22 bits per heavy atom. The van der Waals surface area contributed by atoms with Crippen LogP contribution in [-0.4, -0.2) is 16.9 Å². The number of carbonyl (C=O) groups is 1. The fourth-order valence-corrected chi connectivity index (χ4v) is 1.76. The zero-order chi connectivity index (χ0) is 13.2. The molecule has 0 saturated heterocycles. The normalized spacial score (nSPS) is 11.7. The predicted molar refractivity (Wildman–Crippen MR) is 61.4 cm³/mol. The van der Waals surface area contributed by atoms with E-state index in [1.165, 1.54) is 6.20 Å². The van der Waals surface area contributed by atoms with Gasteiger partial charge in [0.25, 0.3) is 0 Å². The third-order valence-corrected chi connectivity index (χ3v) is 2.62.